The number of hydrogen-bond donors (Lipinski definition) is 5. The Bertz CT molecular complexity index is 798. The summed E-state index contributed by atoms with van der Waals surface area (Å²) < 4.78 is 5.72. The molecule has 0 spiro atoms. The predicted octanol–water partition coefficient (Wildman–Crippen LogP) is 0.584. The first-order chi connectivity index (χ1) is 13.5. The highest BCUT2D eigenvalue weighted by Crippen LogP contribution is 2.23. The smallest absolute Gasteiger partial charge is 0.250 e. The van der Waals surface area contributed by atoms with Crippen LogP contribution in [0.15, 0.2) is 54.6 Å². The van der Waals surface area contributed by atoms with E-state index < -0.39 is 18.1 Å². The first-order valence-corrected chi connectivity index (χ1v) is 9.11. The maximum absolute atomic E-state index is 12.4. The summed E-state index contributed by atoms with van der Waals surface area (Å²) in [5, 5.41) is 18.0. The zero-order chi connectivity index (χ0) is 19.9. The van der Waals surface area contributed by atoms with E-state index in [1.54, 1.807) is 24.3 Å². The van der Waals surface area contributed by atoms with Crippen molar-refractivity contribution in [1.82, 2.24) is 10.6 Å². The summed E-state index contributed by atoms with van der Waals surface area (Å²) in [4.78, 5) is 24.1. The molecule has 8 heteroatoms. The predicted molar refractivity (Wildman–Crippen MR) is 105 cm³/mol. The Morgan fingerprint density at radius 2 is 1.82 bits per heavy atom. The number of nitrogens with one attached hydrogen (secondary N) is 3. The minimum atomic E-state index is -1.23. The fourth-order valence-corrected chi connectivity index (χ4v) is 2.91. The number of rotatable bonds is 7. The summed E-state index contributed by atoms with van der Waals surface area (Å²) >= 11 is 0. The highest BCUT2D eigenvalue weighted by atomic mass is 16.5. The molecular formula is C20H24N4O4. The van der Waals surface area contributed by atoms with E-state index >= 15 is 0 Å². The molecule has 0 unspecified atom stereocenters. The summed E-state index contributed by atoms with van der Waals surface area (Å²) in [5.74, 6) is 0.698. The molecule has 0 saturated carbocycles. The highest BCUT2D eigenvalue weighted by Gasteiger charge is 2.31. The Labute approximate surface area is 163 Å². The molecule has 3 atom stereocenters. The molecule has 8 nitrogen and oxygen atoms in total. The van der Waals surface area contributed by atoms with Crippen molar-refractivity contribution in [2.45, 2.75) is 24.6 Å². The van der Waals surface area contributed by atoms with Gasteiger partial charge in [0.2, 0.25) is 11.8 Å². The van der Waals surface area contributed by atoms with Crippen LogP contribution in [-0.2, 0) is 9.59 Å². The van der Waals surface area contributed by atoms with Crippen molar-refractivity contribution in [3.8, 4) is 11.5 Å². The van der Waals surface area contributed by atoms with E-state index in [-0.39, 0.29) is 18.5 Å². The first-order valence-electron chi connectivity index (χ1n) is 9.11. The molecule has 1 fully saturated rings. The second-order valence-corrected chi connectivity index (χ2v) is 6.58. The van der Waals surface area contributed by atoms with Crippen LogP contribution in [0.4, 0.5) is 5.69 Å². The second kappa shape index (κ2) is 9.32. The first kappa shape index (κ1) is 19.8. The summed E-state index contributed by atoms with van der Waals surface area (Å²) in [5.41, 5.74) is 5.91. The molecule has 3 rings (SSSR count). The molecule has 2 amide bonds. The van der Waals surface area contributed by atoms with E-state index in [0.717, 1.165) is 5.75 Å². The number of hydrogen-bond acceptors (Lipinski definition) is 6. The van der Waals surface area contributed by atoms with E-state index in [1.807, 2.05) is 30.3 Å². The van der Waals surface area contributed by atoms with Gasteiger partial charge in [-0.1, -0.05) is 18.2 Å². The molecule has 0 bridgehead atoms. The fraction of sp³-hybridized carbons (Fsp3) is 0.300. The van der Waals surface area contributed by atoms with E-state index in [0.29, 0.717) is 24.4 Å². The van der Waals surface area contributed by atoms with E-state index in [4.69, 9.17) is 10.5 Å². The fourth-order valence-electron chi connectivity index (χ4n) is 2.91. The van der Waals surface area contributed by atoms with Gasteiger partial charge in [0.05, 0.1) is 6.04 Å². The molecule has 6 N–H and O–H groups in total. The minimum Gasteiger partial charge on any atom is -0.457 e. The number of anilines is 1. The number of aliphatic hydroxyl groups excluding tert-OH is 1. The van der Waals surface area contributed by atoms with Crippen LogP contribution >= 0.6 is 0 Å². The Kier molecular flexibility index (Phi) is 6.59. The van der Waals surface area contributed by atoms with Gasteiger partial charge in [-0.3, -0.25) is 9.59 Å². The van der Waals surface area contributed by atoms with Gasteiger partial charge in [-0.05, 0) is 42.8 Å². The van der Waals surface area contributed by atoms with Crippen molar-refractivity contribution >= 4 is 17.5 Å². The lowest BCUT2D eigenvalue weighted by Gasteiger charge is -2.15. The van der Waals surface area contributed by atoms with Gasteiger partial charge in [0.15, 0.2) is 0 Å². The lowest BCUT2D eigenvalue weighted by molar-refractivity contribution is -0.129. The zero-order valence-corrected chi connectivity index (χ0v) is 15.3. The van der Waals surface area contributed by atoms with Crippen LogP contribution in [0.2, 0.25) is 0 Å². The molecule has 0 radical (unpaired) electrons. The normalized spacial score (nSPS) is 19.6. The molecule has 0 aromatic heterocycles. The monoisotopic (exact) mass is 384 g/mol. The third kappa shape index (κ3) is 5.29. The van der Waals surface area contributed by atoms with Gasteiger partial charge in [-0.25, -0.2) is 0 Å². The molecule has 2 aromatic rings. The third-order valence-corrected chi connectivity index (χ3v) is 4.42. The summed E-state index contributed by atoms with van der Waals surface area (Å²) in [6, 6.07) is 15.9. The molecule has 28 heavy (non-hydrogen) atoms. The van der Waals surface area contributed by atoms with Crippen LogP contribution in [0.5, 0.6) is 11.5 Å². The van der Waals surface area contributed by atoms with Crippen LogP contribution in [-0.4, -0.2) is 48.2 Å². The van der Waals surface area contributed by atoms with Crippen molar-refractivity contribution in [3.63, 3.8) is 0 Å². The van der Waals surface area contributed by atoms with Gasteiger partial charge in [0.1, 0.15) is 17.6 Å². The number of ether oxygens (including phenoxy) is 1. The lowest BCUT2D eigenvalue weighted by atomic mass is 10.1. The van der Waals surface area contributed by atoms with Gasteiger partial charge in [-0.15, -0.1) is 0 Å². The molecule has 2 aromatic carbocycles. The van der Waals surface area contributed by atoms with Crippen LogP contribution in [0.1, 0.15) is 6.42 Å². The van der Waals surface area contributed by atoms with Crippen LogP contribution in [0, 0.1) is 0 Å². The van der Waals surface area contributed by atoms with Gasteiger partial charge < -0.3 is 31.5 Å². The van der Waals surface area contributed by atoms with Crippen LogP contribution in [0.25, 0.3) is 0 Å². The third-order valence-electron chi connectivity index (χ3n) is 4.42. The highest BCUT2D eigenvalue weighted by molar-refractivity contribution is 5.95. The largest absolute Gasteiger partial charge is 0.457 e. The van der Waals surface area contributed by atoms with Crippen molar-refractivity contribution < 1.29 is 19.4 Å². The molecule has 0 aliphatic carbocycles. The van der Waals surface area contributed by atoms with Crippen LogP contribution in [0.3, 0.4) is 0 Å². The number of carbonyl (C=O) groups excluding carboxylic acids is 2. The SMILES string of the molecule is NC[C@H](O)C(=O)N[C@H]1CN[C@H](C(=O)Nc2ccc(Oc3ccccc3)cc2)C1. The zero-order valence-electron chi connectivity index (χ0n) is 15.3. The number of para-hydroxylation sites is 1. The van der Waals surface area contributed by atoms with Gasteiger partial charge in [0.25, 0.3) is 0 Å². The van der Waals surface area contributed by atoms with Crippen molar-refractivity contribution in [1.29, 1.82) is 0 Å². The van der Waals surface area contributed by atoms with Crippen molar-refractivity contribution in [2.24, 2.45) is 5.73 Å². The second-order valence-electron chi connectivity index (χ2n) is 6.58. The Balaban J connectivity index is 1.49. The lowest BCUT2D eigenvalue weighted by Crippen LogP contribution is -2.45. The van der Waals surface area contributed by atoms with E-state index in [2.05, 4.69) is 16.0 Å². The van der Waals surface area contributed by atoms with Gasteiger partial charge >= 0.3 is 0 Å². The standard InChI is InChI=1S/C20H24N4O4/c21-11-18(25)20(27)24-14-10-17(22-12-14)19(26)23-13-6-8-16(9-7-13)28-15-4-2-1-3-5-15/h1-9,14,17-18,22,25H,10-12,21H2,(H,23,26)(H,24,27)/t14-,17+,18+/m1/s1. The Morgan fingerprint density at radius 1 is 1.14 bits per heavy atom. The maximum atomic E-state index is 12.4. The van der Waals surface area contributed by atoms with Crippen LogP contribution < -0.4 is 26.4 Å². The van der Waals surface area contributed by atoms with Crippen molar-refractivity contribution in [3.05, 3.63) is 54.6 Å². The molecule has 1 aliphatic rings. The molecule has 1 aliphatic heterocycles. The molecular weight excluding hydrogens is 360 g/mol. The quantitative estimate of drug-likeness (QED) is 0.476. The Hall–Kier alpha value is -2.94. The summed E-state index contributed by atoms with van der Waals surface area (Å²) in [6.07, 6.45) is -0.797. The van der Waals surface area contributed by atoms with E-state index in [1.165, 1.54) is 0 Å². The number of benzene rings is 2. The molecule has 148 valence electrons. The van der Waals surface area contributed by atoms with Gasteiger partial charge in [0, 0.05) is 24.8 Å². The number of nitrogens with two attached hydrogens (primary N) is 1. The Morgan fingerprint density at radius 3 is 2.50 bits per heavy atom. The molecule has 1 saturated heterocycles. The number of aliphatic hydroxyl groups is 1. The van der Waals surface area contributed by atoms with Gasteiger partial charge in [-0.2, -0.15) is 0 Å². The average molecular weight is 384 g/mol. The molecule has 1 heterocycles. The maximum Gasteiger partial charge on any atom is 0.250 e. The topological polar surface area (TPSA) is 126 Å². The summed E-state index contributed by atoms with van der Waals surface area (Å²) in [7, 11) is 0. The number of amides is 2. The van der Waals surface area contributed by atoms with Crippen molar-refractivity contribution in [2.75, 3.05) is 18.4 Å². The van der Waals surface area contributed by atoms with E-state index in [9.17, 15) is 14.7 Å². The summed E-state index contributed by atoms with van der Waals surface area (Å²) in [6.45, 7) is 0.310. The minimum absolute atomic E-state index is 0.139. The number of carbonyl (C=O) groups is 2. The average Bonchev–Trinajstić information content (AvgIpc) is 3.18.